The summed E-state index contributed by atoms with van der Waals surface area (Å²) < 4.78 is 0. The van der Waals surface area contributed by atoms with Crippen molar-refractivity contribution in [2.75, 3.05) is 20.6 Å². The van der Waals surface area contributed by atoms with Crippen molar-refractivity contribution in [3.63, 3.8) is 0 Å². The molecule has 0 saturated heterocycles. The Bertz CT molecular complexity index is 265. The molecule has 1 unspecified atom stereocenters. The van der Waals surface area contributed by atoms with E-state index in [1.165, 1.54) is 38.5 Å². The van der Waals surface area contributed by atoms with Gasteiger partial charge in [0, 0.05) is 24.5 Å². The highest BCUT2D eigenvalue weighted by atomic mass is 35.5. The van der Waals surface area contributed by atoms with E-state index >= 15 is 0 Å². The van der Waals surface area contributed by atoms with Crippen LogP contribution in [0.5, 0.6) is 0 Å². The van der Waals surface area contributed by atoms with E-state index in [2.05, 4.69) is 24.3 Å². The predicted molar refractivity (Wildman–Crippen MR) is 89.9 cm³/mol. The number of likely N-dealkylation sites (N-methyl/N-ethyl adjacent to an activating group) is 1. The maximum Gasteiger partial charge on any atom is 0.221 e. The number of nitrogens with two attached hydrogens (primary N) is 1. The van der Waals surface area contributed by atoms with Gasteiger partial charge in [0.2, 0.25) is 5.91 Å². The molecule has 1 fully saturated rings. The molecule has 1 aliphatic rings. The molecule has 4 nitrogen and oxygen atoms in total. The van der Waals surface area contributed by atoms with Gasteiger partial charge in [0.05, 0.1) is 0 Å². The molecule has 0 aromatic rings. The first kappa shape index (κ1) is 22.3. The smallest absolute Gasteiger partial charge is 0.221 e. The van der Waals surface area contributed by atoms with Crippen LogP contribution < -0.4 is 11.1 Å². The summed E-state index contributed by atoms with van der Waals surface area (Å²) >= 11 is 0. The van der Waals surface area contributed by atoms with E-state index in [0.717, 1.165) is 6.54 Å². The minimum atomic E-state index is -0.0607. The van der Waals surface area contributed by atoms with Crippen LogP contribution in [-0.2, 0) is 4.79 Å². The lowest BCUT2D eigenvalue weighted by Gasteiger charge is -2.39. The third-order valence-corrected chi connectivity index (χ3v) is 4.10. The van der Waals surface area contributed by atoms with Crippen molar-refractivity contribution in [3.05, 3.63) is 0 Å². The van der Waals surface area contributed by atoms with Crippen molar-refractivity contribution in [3.8, 4) is 0 Å². The Morgan fingerprint density at radius 3 is 2.10 bits per heavy atom. The molecule has 0 spiro atoms. The molecule has 6 heteroatoms. The van der Waals surface area contributed by atoms with Crippen LogP contribution in [0.3, 0.4) is 0 Å². The molecule has 0 aliphatic heterocycles. The van der Waals surface area contributed by atoms with E-state index in [1.807, 2.05) is 6.92 Å². The van der Waals surface area contributed by atoms with Gasteiger partial charge in [-0.1, -0.05) is 25.7 Å². The summed E-state index contributed by atoms with van der Waals surface area (Å²) in [6.45, 7) is 2.62. The molecule has 20 heavy (non-hydrogen) atoms. The van der Waals surface area contributed by atoms with Crippen molar-refractivity contribution in [1.29, 1.82) is 0 Å². The minimum absolute atomic E-state index is 0. The van der Waals surface area contributed by atoms with Crippen LogP contribution in [0.4, 0.5) is 0 Å². The molecule has 1 amide bonds. The standard InChI is InChI=1S/C14H29N3O.2ClH/c1-12(15)10-13(18)16-11-14(17(2)3)8-6-4-5-7-9-14;;/h12H,4-11,15H2,1-3H3,(H,16,18);2*1H. The molecule has 3 N–H and O–H groups in total. The van der Waals surface area contributed by atoms with Crippen LogP contribution in [0, 0.1) is 0 Å². The molecule has 1 atom stereocenters. The van der Waals surface area contributed by atoms with Gasteiger partial charge in [-0.2, -0.15) is 0 Å². The van der Waals surface area contributed by atoms with Crippen LogP contribution in [0.2, 0.25) is 0 Å². The highest BCUT2D eigenvalue weighted by Gasteiger charge is 2.33. The molecule has 122 valence electrons. The quantitative estimate of drug-likeness (QED) is 0.762. The summed E-state index contributed by atoms with van der Waals surface area (Å²) in [6, 6.07) is -0.0607. The Morgan fingerprint density at radius 1 is 1.20 bits per heavy atom. The monoisotopic (exact) mass is 327 g/mol. The van der Waals surface area contributed by atoms with E-state index in [-0.39, 0.29) is 42.3 Å². The first-order chi connectivity index (χ1) is 8.46. The number of rotatable bonds is 5. The van der Waals surface area contributed by atoms with Gasteiger partial charge in [0.25, 0.3) is 0 Å². The van der Waals surface area contributed by atoms with Crippen LogP contribution in [0.1, 0.15) is 51.9 Å². The van der Waals surface area contributed by atoms with Crippen LogP contribution in [0.25, 0.3) is 0 Å². The summed E-state index contributed by atoms with van der Waals surface area (Å²) in [5, 5.41) is 3.07. The number of carbonyl (C=O) groups excluding carboxylic acids is 1. The second-order valence-electron chi connectivity index (χ2n) is 5.99. The first-order valence-electron chi connectivity index (χ1n) is 7.16. The molecule has 0 aromatic heterocycles. The lowest BCUT2D eigenvalue weighted by molar-refractivity contribution is -0.122. The normalized spacial score (nSPS) is 19.2. The minimum Gasteiger partial charge on any atom is -0.354 e. The van der Waals surface area contributed by atoms with Crippen LogP contribution in [0.15, 0.2) is 0 Å². The second kappa shape index (κ2) is 10.7. The number of hydrogen-bond donors (Lipinski definition) is 2. The van der Waals surface area contributed by atoms with Crippen molar-refractivity contribution < 1.29 is 4.79 Å². The largest absolute Gasteiger partial charge is 0.354 e. The topological polar surface area (TPSA) is 58.4 Å². The van der Waals surface area contributed by atoms with Crippen LogP contribution >= 0.6 is 24.8 Å². The Morgan fingerprint density at radius 2 is 1.70 bits per heavy atom. The maximum absolute atomic E-state index is 11.7. The summed E-state index contributed by atoms with van der Waals surface area (Å²) in [4.78, 5) is 14.0. The van der Waals surface area contributed by atoms with Crippen molar-refractivity contribution in [2.45, 2.75) is 63.5 Å². The van der Waals surface area contributed by atoms with Gasteiger partial charge in [0.1, 0.15) is 0 Å². The van der Waals surface area contributed by atoms with Crippen molar-refractivity contribution >= 4 is 30.7 Å². The zero-order valence-corrected chi connectivity index (χ0v) is 14.6. The first-order valence-corrected chi connectivity index (χ1v) is 7.16. The molecular weight excluding hydrogens is 297 g/mol. The number of halogens is 2. The summed E-state index contributed by atoms with van der Waals surface area (Å²) in [5.74, 6) is 0.0791. The fourth-order valence-electron chi connectivity index (χ4n) is 2.80. The lowest BCUT2D eigenvalue weighted by atomic mass is 9.88. The van der Waals surface area contributed by atoms with Crippen molar-refractivity contribution in [1.82, 2.24) is 10.2 Å². The van der Waals surface area contributed by atoms with E-state index in [4.69, 9.17) is 5.73 Å². The molecule has 0 aromatic carbocycles. The molecule has 0 radical (unpaired) electrons. The van der Waals surface area contributed by atoms with Crippen molar-refractivity contribution in [2.24, 2.45) is 5.73 Å². The zero-order valence-electron chi connectivity index (χ0n) is 13.0. The van der Waals surface area contributed by atoms with Gasteiger partial charge >= 0.3 is 0 Å². The third kappa shape index (κ3) is 7.11. The Kier molecular flexibility index (Phi) is 11.9. The second-order valence-corrected chi connectivity index (χ2v) is 5.99. The highest BCUT2D eigenvalue weighted by Crippen LogP contribution is 2.30. The van der Waals surface area contributed by atoms with E-state index < -0.39 is 0 Å². The van der Waals surface area contributed by atoms with Gasteiger partial charge in [-0.05, 0) is 33.9 Å². The molecule has 0 heterocycles. The third-order valence-electron chi connectivity index (χ3n) is 4.10. The van der Waals surface area contributed by atoms with Gasteiger partial charge in [-0.15, -0.1) is 24.8 Å². The number of amides is 1. The summed E-state index contributed by atoms with van der Waals surface area (Å²) in [5.41, 5.74) is 5.79. The van der Waals surface area contributed by atoms with E-state index in [9.17, 15) is 4.79 Å². The number of carbonyl (C=O) groups is 1. The van der Waals surface area contributed by atoms with Gasteiger partial charge in [-0.25, -0.2) is 0 Å². The summed E-state index contributed by atoms with van der Waals surface area (Å²) in [7, 11) is 4.26. The average molecular weight is 328 g/mol. The Hall–Kier alpha value is -0.0300. The van der Waals surface area contributed by atoms with Gasteiger partial charge < -0.3 is 16.0 Å². The fourth-order valence-corrected chi connectivity index (χ4v) is 2.80. The molecular formula is C14H31Cl2N3O. The highest BCUT2D eigenvalue weighted by molar-refractivity contribution is 5.85. The molecule has 1 aliphatic carbocycles. The van der Waals surface area contributed by atoms with E-state index in [1.54, 1.807) is 0 Å². The molecule has 1 rings (SSSR count). The SMILES string of the molecule is CC(N)CC(=O)NCC1(N(C)C)CCCCCC1.Cl.Cl. The lowest BCUT2D eigenvalue weighted by Crippen LogP contribution is -2.52. The van der Waals surface area contributed by atoms with E-state index in [0.29, 0.717) is 6.42 Å². The molecule has 1 saturated carbocycles. The predicted octanol–water partition coefficient (Wildman–Crippen LogP) is 2.34. The number of nitrogens with one attached hydrogen (secondary N) is 1. The fraction of sp³-hybridized carbons (Fsp3) is 0.929. The number of nitrogens with zero attached hydrogens (tertiary/aromatic N) is 1. The number of hydrogen-bond acceptors (Lipinski definition) is 3. The Balaban J connectivity index is 0. The van der Waals surface area contributed by atoms with Gasteiger partial charge in [-0.3, -0.25) is 4.79 Å². The average Bonchev–Trinajstić information content (AvgIpc) is 2.51. The molecule has 0 bridgehead atoms. The van der Waals surface area contributed by atoms with Gasteiger partial charge in [0.15, 0.2) is 0 Å². The zero-order chi connectivity index (χ0) is 13.6. The Labute approximate surface area is 136 Å². The van der Waals surface area contributed by atoms with Crippen LogP contribution in [-0.4, -0.2) is 43.0 Å². The summed E-state index contributed by atoms with van der Waals surface area (Å²) in [6.07, 6.45) is 7.95. The maximum atomic E-state index is 11.7.